The molecule has 2 rings (SSSR count). The van der Waals surface area contributed by atoms with Crippen LogP contribution in [0.15, 0.2) is 18.2 Å². The average Bonchev–Trinajstić information content (AvgIpc) is 2.69. The van der Waals surface area contributed by atoms with Crippen LogP contribution in [0.3, 0.4) is 0 Å². The number of benzene rings is 1. The summed E-state index contributed by atoms with van der Waals surface area (Å²) < 4.78 is 17.2. The third kappa shape index (κ3) is 3.17. The highest BCUT2D eigenvalue weighted by atomic mass is 32.2. The van der Waals surface area contributed by atoms with E-state index in [0.717, 1.165) is 21.1 Å². The minimum Gasteiger partial charge on any atom is -0.497 e. The van der Waals surface area contributed by atoms with Crippen molar-refractivity contribution >= 4 is 37.5 Å². The summed E-state index contributed by atoms with van der Waals surface area (Å²) in [6.45, 7) is 0.681. The Bertz CT molecular complexity index is 539. The second-order valence-electron chi connectivity index (χ2n) is 3.56. The normalized spacial score (nSPS) is 12.6. The lowest BCUT2D eigenvalue weighted by Gasteiger charge is -1.98. The van der Waals surface area contributed by atoms with Crippen LogP contribution in [0.25, 0.3) is 10.2 Å². The maximum Gasteiger partial charge on any atom is 0.183 e. The molecule has 6 heteroatoms. The van der Waals surface area contributed by atoms with Crippen LogP contribution in [0, 0.1) is 0 Å². The van der Waals surface area contributed by atoms with Crippen LogP contribution in [0.1, 0.15) is 0 Å². The van der Waals surface area contributed by atoms with Gasteiger partial charge in [0.05, 0.1) is 17.3 Å². The summed E-state index contributed by atoms with van der Waals surface area (Å²) in [5, 5.41) is 4.04. The van der Waals surface area contributed by atoms with Gasteiger partial charge in [-0.05, 0) is 18.2 Å². The summed E-state index contributed by atoms with van der Waals surface area (Å²) in [4.78, 5) is 4.44. The van der Waals surface area contributed by atoms with Gasteiger partial charge in [-0.2, -0.15) is 0 Å². The van der Waals surface area contributed by atoms with Crippen molar-refractivity contribution in [2.45, 2.75) is 0 Å². The summed E-state index contributed by atoms with van der Waals surface area (Å²) >= 11 is 1.58. The van der Waals surface area contributed by atoms with Crippen LogP contribution in [0.2, 0.25) is 0 Å². The van der Waals surface area contributed by atoms with E-state index in [-0.39, 0.29) is 0 Å². The molecule has 1 aromatic carbocycles. The molecule has 4 nitrogen and oxygen atoms in total. The monoisotopic (exact) mass is 270 g/mol. The van der Waals surface area contributed by atoms with Crippen molar-refractivity contribution < 1.29 is 8.95 Å². The first kappa shape index (κ1) is 12.3. The zero-order valence-electron chi connectivity index (χ0n) is 9.73. The standard InChI is InChI=1S/C11H14N2O2S2/c1-15-8-3-4-9-10(7-8)16-11(13-9)12-5-6-17(2)14/h3-4,7H,5-6H2,1-2H3,(H,12,13). The van der Waals surface area contributed by atoms with Crippen molar-refractivity contribution in [3.8, 4) is 5.75 Å². The van der Waals surface area contributed by atoms with E-state index in [0.29, 0.717) is 12.3 Å². The van der Waals surface area contributed by atoms with Crippen LogP contribution in [0.5, 0.6) is 5.75 Å². The molecule has 0 bridgehead atoms. The van der Waals surface area contributed by atoms with Gasteiger partial charge in [-0.15, -0.1) is 0 Å². The highest BCUT2D eigenvalue weighted by molar-refractivity contribution is 7.84. The lowest BCUT2D eigenvalue weighted by molar-refractivity contribution is 0.415. The highest BCUT2D eigenvalue weighted by Crippen LogP contribution is 2.28. The molecular weight excluding hydrogens is 256 g/mol. The van der Waals surface area contributed by atoms with Gasteiger partial charge in [0.1, 0.15) is 5.75 Å². The Hall–Kier alpha value is -1.14. The first-order valence-corrected chi connectivity index (χ1v) is 7.72. The Kier molecular flexibility index (Phi) is 3.96. The smallest absolute Gasteiger partial charge is 0.183 e. The number of aromatic nitrogens is 1. The van der Waals surface area contributed by atoms with Crippen LogP contribution < -0.4 is 10.1 Å². The van der Waals surface area contributed by atoms with Crippen molar-refractivity contribution in [2.75, 3.05) is 31.0 Å². The third-order valence-electron chi connectivity index (χ3n) is 2.26. The second-order valence-corrected chi connectivity index (χ2v) is 6.14. The number of hydrogen-bond acceptors (Lipinski definition) is 5. The summed E-state index contributed by atoms with van der Waals surface area (Å²) in [7, 11) is 0.883. The minimum absolute atomic E-state index is 0.638. The maximum absolute atomic E-state index is 10.9. The number of rotatable bonds is 5. The zero-order valence-corrected chi connectivity index (χ0v) is 11.4. The quantitative estimate of drug-likeness (QED) is 0.904. The summed E-state index contributed by atoms with van der Waals surface area (Å²) in [5.74, 6) is 1.47. The molecule has 1 N–H and O–H groups in total. The van der Waals surface area contributed by atoms with E-state index in [1.165, 1.54) is 0 Å². The second kappa shape index (κ2) is 5.46. The molecular formula is C11H14N2O2S2. The molecule has 1 unspecified atom stereocenters. The number of anilines is 1. The average molecular weight is 270 g/mol. The minimum atomic E-state index is -0.768. The number of nitrogens with one attached hydrogen (secondary N) is 1. The molecule has 0 aliphatic heterocycles. The molecule has 2 aromatic rings. The summed E-state index contributed by atoms with van der Waals surface area (Å²) in [6, 6.07) is 5.80. The number of thiazole rings is 1. The maximum atomic E-state index is 10.9. The lowest BCUT2D eigenvalue weighted by Crippen LogP contribution is -2.09. The lowest BCUT2D eigenvalue weighted by atomic mass is 10.3. The number of nitrogens with zero attached hydrogens (tertiary/aromatic N) is 1. The Morgan fingerprint density at radius 2 is 2.35 bits per heavy atom. The van der Waals surface area contributed by atoms with E-state index in [4.69, 9.17) is 4.74 Å². The van der Waals surface area contributed by atoms with E-state index >= 15 is 0 Å². The number of fused-ring (bicyclic) bond motifs is 1. The fraction of sp³-hybridized carbons (Fsp3) is 0.364. The van der Waals surface area contributed by atoms with Crippen molar-refractivity contribution in [1.29, 1.82) is 0 Å². The Labute approximate surface area is 106 Å². The predicted molar refractivity (Wildman–Crippen MR) is 73.6 cm³/mol. The van der Waals surface area contributed by atoms with Crippen molar-refractivity contribution in [2.24, 2.45) is 0 Å². The largest absolute Gasteiger partial charge is 0.497 e. The number of methoxy groups -OCH3 is 1. The highest BCUT2D eigenvalue weighted by Gasteiger charge is 2.04. The van der Waals surface area contributed by atoms with Gasteiger partial charge in [-0.3, -0.25) is 4.21 Å². The molecule has 1 atom stereocenters. The molecule has 0 amide bonds. The molecule has 0 radical (unpaired) electrons. The van der Waals surface area contributed by atoms with E-state index in [1.54, 1.807) is 24.7 Å². The molecule has 1 aromatic heterocycles. The molecule has 1 heterocycles. The number of ether oxygens (including phenoxy) is 1. The van der Waals surface area contributed by atoms with Crippen LogP contribution in [0.4, 0.5) is 5.13 Å². The summed E-state index contributed by atoms with van der Waals surface area (Å²) in [5.41, 5.74) is 0.955. The van der Waals surface area contributed by atoms with Crippen LogP contribution in [-0.4, -0.2) is 34.9 Å². The molecule has 0 spiro atoms. The van der Waals surface area contributed by atoms with E-state index in [2.05, 4.69) is 10.3 Å². The van der Waals surface area contributed by atoms with Gasteiger partial charge in [-0.25, -0.2) is 4.98 Å². The topological polar surface area (TPSA) is 51.2 Å². The fourth-order valence-corrected chi connectivity index (χ4v) is 2.72. The molecule has 0 saturated heterocycles. The van der Waals surface area contributed by atoms with Crippen LogP contribution >= 0.6 is 11.3 Å². The molecule has 0 aliphatic carbocycles. The third-order valence-corrected chi connectivity index (χ3v) is 4.02. The fourth-order valence-electron chi connectivity index (χ4n) is 1.41. The molecule has 17 heavy (non-hydrogen) atoms. The van der Waals surface area contributed by atoms with Gasteiger partial charge in [0.15, 0.2) is 5.13 Å². The van der Waals surface area contributed by atoms with Gasteiger partial charge >= 0.3 is 0 Å². The molecule has 0 saturated carbocycles. The van der Waals surface area contributed by atoms with E-state index in [9.17, 15) is 4.21 Å². The first-order chi connectivity index (χ1) is 8.19. The summed E-state index contributed by atoms with van der Waals surface area (Å²) in [6.07, 6.45) is 1.70. The molecule has 92 valence electrons. The van der Waals surface area contributed by atoms with Gasteiger partial charge in [0, 0.05) is 29.4 Å². The Morgan fingerprint density at radius 3 is 3.06 bits per heavy atom. The van der Waals surface area contributed by atoms with Crippen molar-refractivity contribution in [1.82, 2.24) is 4.98 Å². The Balaban J connectivity index is 2.11. The van der Waals surface area contributed by atoms with E-state index in [1.807, 2.05) is 18.2 Å². The predicted octanol–water partition coefficient (Wildman–Crippen LogP) is 2.10. The van der Waals surface area contributed by atoms with Gasteiger partial charge in [-0.1, -0.05) is 11.3 Å². The zero-order chi connectivity index (χ0) is 12.3. The molecule has 0 aliphatic rings. The Morgan fingerprint density at radius 1 is 1.53 bits per heavy atom. The van der Waals surface area contributed by atoms with Gasteiger partial charge in [0.2, 0.25) is 0 Å². The van der Waals surface area contributed by atoms with Gasteiger partial charge < -0.3 is 10.1 Å². The SMILES string of the molecule is COc1ccc2nc(NCCS(C)=O)sc2c1. The van der Waals surface area contributed by atoms with Crippen LogP contribution in [-0.2, 0) is 10.8 Å². The first-order valence-electron chi connectivity index (χ1n) is 5.17. The van der Waals surface area contributed by atoms with Gasteiger partial charge in [0.25, 0.3) is 0 Å². The van der Waals surface area contributed by atoms with E-state index < -0.39 is 10.8 Å². The van der Waals surface area contributed by atoms with Crippen molar-refractivity contribution in [3.05, 3.63) is 18.2 Å². The number of hydrogen-bond donors (Lipinski definition) is 1. The molecule has 0 fully saturated rings. The van der Waals surface area contributed by atoms with Crippen molar-refractivity contribution in [3.63, 3.8) is 0 Å².